The molecule has 0 bridgehead atoms. The Bertz CT molecular complexity index is 1080. The lowest BCUT2D eigenvalue weighted by Gasteiger charge is -2.29. The number of esters is 1. The Morgan fingerprint density at radius 2 is 1.53 bits per heavy atom. The predicted octanol–water partition coefficient (Wildman–Crippen LogP) is 2.15. The van der Waals surface area contributed by atoms with Gasteiger partial charge in [0.2, 0.25) is 0 Å². The summed E-state index contributed by atoms with van der Waals surface area (Å²) in [7, 11) is -14.3. The molecule has 0 saturated heterocycles. The van der Waals surface area contributed by atoms with Crippen LogP contribution in [-0.2, 0) is 25.0 Å². The quantitative estimate of drug-likeness (QED) is 0.145. The Morgan fingerprint density at radius 3 is 1.93 bits per heavy atom. The highest BCUT2D eigenvalue weighted by Crippen LogP contribution is 2.51. The Morgan fingerprint density at radius 1 is 1.03 bits per heavy atom. The fourth-order valence-electron chi connectivity index (χ4n) is 1.78. The molecule has 0 aliphatic carbocycles. The van der Waals surface area contributed by atoms with E-state index in [1.165, 1.54) is 0 Å². The van der Waals surface area contributed by atoms with E-state index in [-0.39, 0.29) is 6.29 Å². The summed E-state index contributed by atoms with van der Waals surface area (Å²) in [5.41, 5.74) is -1.11. The van der Waals surface area contributed by atoms with E-state index in [4.69, 9.17) is 4.55 Å². The first-order chi connectivity index (χ1) is 13.2. The molecule has 0 heterocycles. The summed E-state index contributed by atoms with van der Waals surface area (Å²) in [6.45, 7) is 1.71. The van der Waals surface area contributed by atoms with Gasteiger partial charge in [-0.05, 0) is 13.0 Å². The van der Waals surface area contributed by atoms with Crippen molar-refractivity contribution in [3.8, 4) is 11.5 Å². The smallest absolute Gasteiger partial charge is 0.427 e. The first-order valence-electron chi connectivity index (χ1n) is 7.05. The number of carbonyl (C=O) groups excluding carboxylic acids is 2. The van der Waals surface area contributed by atoms with Gasteiger partial charge in [0.15, 0.2) is 6.29 Å². The van der Waals surface area contributed by atoms with Crippen LogP contribution in [0.2, 0.25) is 0 Å². The van der Waals surface area contributed by atoms with Gasteiger partial charge >= 0.3 is 42.6 Å². The topological polar surface area (TPSA) is 141 Å². The monoisotopic (exact) mass is 488 g/mol. The molecular weight excluding hydrogens is 478 g/mol. The van der Waals surface area contributed by atoms with E-state index in [9.17, 15) is 52.8 Å². The second-order valence-corrected chi connectivity index (χ2v) is 8.52. The van der Waals surface area contributed by atoms with Crippen molar-refractivity contribution in [2.75, 3.05) is 0 Å². The van der Waals surface area contributed by atoms with Gasteiger partial charge in [-0.25, -0.2) is 0 Å². The predicted molar refractivity (Wildman–Crippen MR) is 83.8 cm³/mol. The molecule has 0 radical (unpaired) electrons. The highest BCUT2D eigenvalue weighted by Gasteiger charge is 2.83. The minimum Gasteiger partial charge on any atom is -0.427 e. The van der Waals surface area contributed by atoms with E-state index in [1.807, 2.05) is 0 Å². The molecular formula is C13H10F6O9S2. The van der Waals surface area contributed by atoms with Crippen LogP contribution in [0.1, 0.15) is 22.8 Å². The van der Waals surface area contributed by atoms with Gasteiger partial charge in [0.1, 0.15) is 11.5 Å². The number of hydrogen-bond acceptors (Lipinski definition) is 8. The van der Waals surface area contributed by atoms with Crippen LogP contribution in [0.25, 0.3) is 0 Å². The van der Waals surface area contributed by atoms with Gasteiger partial charge in [-0.15, -0.1) is 0 Å². The number of halogens is 6. The van der Waals surface area contributed by atoms with Crippen molar-refractivity contribution in [2.24, 2.45) is 0 Å². The van der Waals surface area contributed by atoms with Crippen molar-refractivity contribution >= 4 is 32.5 Å². The minimum absolute atomic E-state index is 0.00103. The molecule has 170 valence electrons. The van der Waals surface area contributed by atoms with Gasteiger partial charge in [-0.3, -0.25) is 14.1 Å². The van der Waals surface area contributed by atoms with Crippen molar-refractivity contribution in [3.05, 3.63) is 23.3 Å². The summed E-state index contributed by atoms with van der Waals surface area (Å²) in [4.78, 5) is 21.9. The number of hydrogen-bond donors (Lipinski definition) is 1. The lowest BCUT2D eigenvalue weighted by molar-refractivity contribution is -0.247. The first kappa shape index (κ1) is 25.6. The zero-order chi connectivity index (χ0) is 23.9. The van der Waals surface area contributed by atoms with E-state index in [0.717, 1.165) is 19.9 Å². The molecule has 17 heteroatoms. The molecule has 0 unspecified atom stereocenters. The molecule has 0 saturated carbocycles. The average Bonchev–Trinajstić information content (AvgIpc) is 2.55. The molecule has 1 rings (SSSR count). The number of benzene rings is 1. The van der Waals surface area contributed by atoms with E-state index in [2.05, 4.69) is 8.92 Å². The maximum atomic E-state index is 13.8. The molecule has 0 fully saturated rings. The zero-order valence-corrected chi connectivity index (χ0v) is 16.2. The fourth-order valence-corrected chi connectivity index (χ4v) is 3.25. The highest BCUT2D eigenvalue weighted by atomic mass is 32.2. The fraction of sp³-hybridized carbons (Fsp3) is 0.385. The number of alkyl halides is 6. The normalized spacial score (nSPS) is 13.6. The molecule has 0 amide bonds. The summed E-state index contributed by atoms with van der Waals surface area (Å²) < 4.78 is 142. The van der Waals surface area contributed by atoms with E-state index >= 15 is 0 Å². The van der Waals surface area contributed by atoms with E-state index in [1.54, 1.807) is 0 Å². The van der Waals surface area contributed by atoms with Crippen LogP contribution in [0.4, 0.5) is 26.3 Å². The van der Waals surface area contributed by atoms with Crippen LogP contribution < -0.4 is 8.92 Å². The molecule has 1 aromatic rings. The molecule has 30 heavy (non-hydrogen) atoms. The van der Waals surface area contributed by atoms with Gasteiger partial charge in [0, 0.05) is 24.1 Å². The van der Waals surface area contributed by atoms with Crippen LogP contribution >= 0.6 is 0 Å². The molecule has 0 aromatic heterocycles. The summed E-state index contributed by atoms with van der Waals surface area (Å²) in [5.74, 6) is -10.2. The summed E-state index contributed by atoms with van der Waals surface area (Å²) >= 11 is 0. The second-order valence-electron chi connectivity index (χ2n) is 5.47. The third kappa shape index (κ3) is 4.22. The number of carbonyl (C=O) groups is 2. The van der Waals surface area contributed by atoms with Crippen LogP contribution in [0.5, 0.6) is 11.5 Å². The molecule has 1 aromatic carbocycles. The molecule has 0 aliphatic rings. The molecule has 9 nitrogen and oxygen atoms in total. The molecule has 1 N–H and O–H groups in total. The Kier molecular flexibility index (Phi) is 6.57. The second kappa shape index (κ2) is 7.69. The first-order valence-corrected chi connectivity index (χ1v) is 9.90. The van der Waals surface area contributed by atoms with Gasteiger partial charge < -0.3 is 8.92 Å². The van der Waals surface area contributed by atoms with Crippen molar-refractivity contribution in [2.45, 2.75) is 30.3 Å². The van der Waals surface area contributed by atoms with Crippen molar-refractivity contribution in [1.29, 1.82) is 0 Å². The SMILES string of the molecule is CC(=O)Oc1cc(C=O)c(C)c(OS(=O)(=O)C(F)(F)C(F)(F)C(F)(F)S(=O)(=O)O)c1. The molecule has 0 atom stereocenters. The van der Waals surface area contributed by atoms with Gasteiger partial charge in [-0.2, -0.15) is 43.2 Å². The van der Waals surface area contributed by atoms with Crippen LogP contribution in [0.3, 0.4) is 0 Å². The number of aldehydes is 1. The Hall–Kier alpha value is -2.40. The van der Waals surface area contributed by atoms with Crippen LogP contribution in [0, 0.1) is 6.92 Å². The van der Waals surface area contributed by atoms with Gasteiger partial charge in [0.25, 0.3) is 0 Å². The average molecular weight is 488 g/mol. The Labute approximate surface area is 164 Å². The van der Waals surface area contributed by atoms with Crippen molar-refractivity contribution in [1.82, 2.24) is 0 Å². The summed E-state index contributed by atoms with van der Waals surface area (Å²) in [6, 6.07) is 1.19. The third-order valence-electron chi connectivity index (χ3n) is 3.33. The Balaban J connectivity index is 3.60. The number of rotatable bonds is 8. The summed E-state index contributed by atoms with van der Waals surface area (Å²) in [5, 5.41) is -13.9. The largest absolute Gasteiger partial charge is 0.450 e. The van der Waals surface area contributed by atoms with Crippen molar-refractivity contribution < 1.29 is 66.2 Å². The number of ether oxygens (including phenoxy) is 1. The maximum Gasteiger partial charge on any atom is 0.450 e. The van der Waals surface area contributed by atoms with E-state index in [0.29, 0.717) is 6.07 Å². The van der Waals surface area contributed by atoms with Crippen LogP contribution in [-0.4, -0.2) is 50.1 Å². The lowest BCUT2D eigenvalue weighted by Crippen LogP contribution is -2.61. The zero-order valence-electron chi connectivity index (χ0n) is 14.5. The maximum absolute atomic E-state index is 13.8. The third-order valence-corrected chi connectivity index (χ3v) is 5.52. The van der Waals surface area contributed by atoms with E-state index < -0.39 is 65.3 Å². The minimum atomic E-state index is -7.21. The molecule has 0 spiro atoms. The standard InChI is InChI=1S/C13H10F6O9S2/c1-6-8(5-20)3-9(27-7(2)21)4-10(6)28-30(25,26)13(18,19)11(14,15)12(16,17)29(22,23)24/h3-5H,1-2H3,(H,22,23,24). The van der Waals surface area contributed by atoms with Crippen molar-refractivity contribution in [3.63, 3.8) is 0 Å². The van der Waals surface area contributed by atoms with Gasteiger partial charge in [-0.1, -0.05) is 0 Å². The molecule has 0 aliphatic heterocycles. The van der Waals surface area contributed by atoms with Crippen LogP contribution in [0.15, 0.2) is 12.1 Å². The summed E-state index contributed by atoms with van der Waals surface area (Å²) in [6.07, 6.45) is 0.00103. The lowest BCUT2D eigenvalue weighted by atomic mass is 10.1. The highest BCUT2D eigenvalue weighted by molar-refractivity contribution is 7.88. The van der Waals surface area contributed by atoms with Gasteiger partial charge in [0.05, 0.1) is 0 Å².